The fourth-order valence-corrected chi connectivity index (χ4v) is 9.12. The molecular formula is C51H97O12P. The van der Waals surface area contributed by atoms with Crippen LogP contribution in [0.2, 0.25) is 0 Å². The van der Waals surface area contributed by atoms with Crippen molar-refractivity contribution >= 4 is 13.8 Å². The van der Waals surface area contributed by atoms with Gasteiger partial charge in [0.15, 0.2) is 0 Å². The van der Waals surface area contributed by atoms with E-state index in [0.29, 0.717) is 13.0 Å². The Morgan fingerprint density at radius 3 is 1.33 bits per heavy atom. The number of unbranched alkanes of at least 4 members (excludes halogenated alkanes) is 29. The minimum Gasteiger partial charge on any atom is -0.457 e. The largest absolute Gasteiger partial charge is 0.472 e. The first kappa shape index (κ1) is 60.8. The van der Waals surface area contributed by atoms with Crippen molar-refractivity contribution in [1.82, 2.24) is 0 Å². The number of ether oxygens (including phenoxy) is 2. The summed E-state index contributed by atoms with van der Waals surface area (Å²) in [6.45, 7) is 4.28. The number of phosphoric acid groups is 1. The molecule has 0 radical (unpaired) electrons. The summed E-state index contributed by atoms with van der Waals surface area (Å²) in [5.74, 6) is -0.481. The molecule has 0 saturated heterocycles. The summed E-state index contributed by atoms with van der Waals surface area (Å²) in [6, 6.07) is 0. The zero-order valence-electron chi connectivity index (χ0n) is 40.6. The van der Waals surface area contributed by atoms with E-state index in [2.05, 4.69) is 38.2 Å². The van der Waals surface area contributed by atoms with Gasteiger partial charge in [-0.25, -0.2) is 4.57 Å². The Labute approximate surface area is 390 Å². The second kappa shape index (κ2) is 42.0. The van der Waals surface area contributed by atoms with Gasteiger partial charge >= 0.3 is 13.8 Å². The van der Waals surface area contributed by atoms with Gasteiger partial charge in [0.1, 0.15) is 42.7 Å². The van der Waals surface area contributed by atoms with Gasteiger partial charge in [-0.3, -0.25) is 13.8 Å². The summed E-state index contributed by atoms with van der Waals surface area (Å²) in [5, 5.41) is 50.3. The molecule has 6 N–H and O–H groups in total. The molecule has 0 aliphatic heterocycles. The number of phosphoric ester groups is 1. The average Bonchev–Trinajstić information content (AvgIpc) is 3.28. The van der Waals surface area contributed by atoms with Crippen molar-refractivity contribution in [1.29, 1.82) is 0 Å². The van der Waals surface area contributed by atoms with Gasteiger partial charge < -0.3 is 39.9 Å². The highest BCUT2D eigenvalue weighted by atomic mass is 31.2. The van der Waals surface area contributed by atoms with Crippen LogP contribution in [0.5, 0.6) is 0 Å². The normalized spacial score (nSPS) is 21.8. The zero-order chi connectivity index (χ0) is 46.9. The predicted molar refractivity (Wildman–Crippen MR) is 258 cm³/mol. The smallest absolute Gasteiger partial charge is 0.457 e. The van der Waals surface area contributed by atoms with E-state index in [1.807, 2.05) is 0 Å². The van der Waals surface area contributed by atoms with E-state index >= 15 is 0 Å². The minimum absolute atomic E-state index is 0.0753. The van der Waals surface area contributed by atoms with Crippen molar-refractivity contribution < 1.29 is 58.3 Å². The van der Waals surface area contributed by atoms with Crippen LogP contribution in [0.4, 0.5) is 0 Å². The van der Waals surface area contributed by atoms with Crippen LogP contribution in [0, 0.1) is 0 Å². The fraction of sp³-hybridized carbons (Fsp3) is 0.902. The molecule has 0 spiro atoms. The Morgan fingerprint density at radius 1 is 0.500 bits per heavy atom. The zero-order valence-corrected chi connectivity index (χ0v) is 41.5. The van der Waals surface area contributed by atoms with Crippen LogP contribution in [-0.4, -0.2) is 98.9 Å². The van der Waals surface area contributed by atoms with Crippen LogP contribution in [-0.2, 0) is 27.9 Å². The van der Waals surface area contributed by atoms with Gasteiger partial charge in [-0.1, -0.05) is 205 Å². The van der Waals surface area contributed by atoms with Crippen LogP contribution in [0.15, 0.2) is 24.3 Å². The van der Waals surface area contributed by atoms with Crippen molar-refractivity contribution in [2.45, 2.75) is 275 Å². The summed E-state index contributed by atoms with van der Waals surface area (Å²) in [6.07, 6.45) is 36.7. The van der Waals surface area contributed by atoms with Gasteiger partial charge in [0.05, 0.1) is 13.2 Å². The maximum atomic E-state index is 12.9. The molecule has 12 nitrogen and oxygen atoms in total. The molecule has 13 heteroatoms. The molecule has 64 heavy (non-hydrogen) atoms. The molecule has 1 saturated carbocycles. The van der Waals surface area contributed by atoms with Crippen LogP contribution in [0.1, 0.15) is 232 Å². The fourth-order valence-electron chi connectivity index (χ4n) is 8.15. The lowest BCUT2D eigenvalue weighted by molar-refractivity contribution is -0.220. The second-order valence-corrected chi connectivity index (χ2v) is 19.8. The first-order valence-electron chi connectivity index (χ1n) is 26.2. The molecule has 0 heterocycles. The van der Waals surface area contributed by atoms with Gasteiger partial charge in [-0.05, 0) is 44.9 Å². The number of aliphatic hydroxyl groups excluding tert-OH is 5. The molecule has 1 rings (SSSR count). The third-order valence-electron chi connectivity index (χ3n) is 12.3. The molecule has 6 atom stereocenters. The summed E-state index contributed by atoms with van der Waals surface area (Å²) < 4.78 is 34.3. The molecule has 0 aromatic heterocycles. The molecule has 0 aromatic carbocycles. The van der Waals surface area contributed by atoms with E-state index in [-0.39, 0.29) is 13.0 Å². The number of carbonyl (C=O) groups is 1. The van der Waals surface area contributed by atoms with Crippen molar-refractivity contribution in [3.8, 4) is 0 Å². The van der Waals surface area contributed by atoms with E-state index in [9.17, 15) is 39.8 Å². The number of aliphatic hydroxyl groups is 5. The van der Waals surface area contributed by atoms with E-state index in [1.54, 1.807) is 0 Å². The second-order valence-electron chi connectivity index (χ2n) is 18.4. The van der Waals surface area contributed by atoms with Crippen molar-refractivity contribution in [2.24, 2.45) is 0 Å². The number of hydrogen-bond acceptors (Lipinski definition) is 11. The third-order valence-corrected chi connectivity index (χ3v) is 13.3. The molecule has 0 aromatic rings. The quantitative estimate of drug-likeness (QED) is 0.0147. The molecule has 378 valence electrons. The molecule has 1 aliphatic carbocycles. The standard InChI is InChI=1S/C51H97O12P/c1-3-5-7-9-11-13-15-17-19-21-23-25-27-29-31-33-35-37-39-41-60-42-44(43-61-64(58,59)63-51-49(56)47(54)46(53)48(55)50(51)57)62-45(52)40-38-36-34-32-30-28-26-24-22-20-18-16-14-12-10-8-6-4-2/h14,16,20,22,44,46-51,53-57H,3-13,15,17-19,21,23-43H2,1-2H3,(H,58,59)/b16-14-,22-20-. The van der Waals surface area contributed by atoms with E-state index in [0.717, 1.165) is 57.8 Å². The Kier molecular flexibility index (Phi) is 39.9. The molecule has 1 aliphatic rings. The lowest BCUT2D eigenvalue weighted by atomic mass is 9.85. The topological polar surface area (TPSA) is 192 Å². The SMILES string of the molecule is CCCCCC/C=C\C/C=C\CCCCCCCCCC(=O)OC(COCCCCCCCCCCCCCCCCCCCCC)COP(=O)(O)OC1C(O)C(O)C(O)C(O)C1O. The van der Waals surface area contributed by atoms with Gasteiger partial charge in [0.25, 0.3) is 0 Å². The Balaban J connectivity index is 2.33. The summed E-state index contributed by atoms with van der Waals surface area (Å²) >= 11 is 0. The Hall–Kier alpha value is -1.18. The minimum atomic E-state index is -5.02. The van der Waals surface area contributed by atoms with E-state index < -0.39 is 63.1 Å². The Morgan fingerprint density at radius 2 is 0.875 bits per heavy atom. The molecular weight excluding hydrogens is 836 g/mol. The van der Waals surface area contributed by atoms with Crippen LogP contribution < -0.4 is 0 Å². The molecule has 0 bridgehead atoms. The maximum Gasteiger partial charge on any atom is 0.472 e. The number of rotatable bonds is 45. The summed E-state index contributed by atoms with van der Waals surface area (Å²) in [4.78, 5) is 23.2. The van der Waals surface area contributed by atoms with E-state index in [4.69, 9.17) is 18.5 Å². The highest BCUT2D eigenvalue weighted by Gasteiger charge is 2.51. The first-order valence-corrected chi connectivity index (χ1v) is 27.7. The molecule has 1 fully saturated rings. The highest BCUT2D eigenvalue weighted by Crippen LogP contribution is 2.47. The first-order chi connectivity index (χ1) is 31.0. The average molecular weight is 933 g/mol. The lowest BCUT2D eigenvalue weighted by Gasteiger charge is -2.41. The maximum absolute atomic E-state index is 12.9. The van der Waals surface area contributed by atoms with Crippen LogP contribution in [0.25, 0.3) is 0 Å². The number of hydrogen-bond donors (Lipinski definition) is 6. The Bertz CT molecular complexity index is 1150. The number of carbonyl (C=O) groups excluding carboxylic acids is 1. The third kappa shape index (κ3) is 33.3. The van der Waals surface area contributed by atoms with Crippen LogP contribution >= 0.6 is 7.82 Å². The molecule has 0 amide bonds. The summed E-state index contributed by atoms with van der Waals surface area (Å²) in [7, 11) is -5.02. The van der Waals surface area contributed by atoms with Gasteiger partial charge in [0.2, 0.25) is 0 Å². The number of allylic oxidation sites excluding steroid dienone is 4. The lowest BCUT2D eigenvalue weighted by Crippen LogP contribution is -2.64. The van der Waals surface area contributed by atoms with E-state index in [1.165, 1.54) is 148 Å². The summed E-state index contributed by atoms with van der Waals surface area (Å²) in [5.41, 5.74) is 0. The van der Waals surface area contributed by atoms with Crippen molar-refractivity contribution in [2.75, 3.05) is 19.8 Å². The van der Waals surface area contributed by atoms with Gasteiger partial charge in [-0.15, -0.1) is 0 Å². The monoisotopic (exact) mass is 933 g/mol. The predicted octanol–water partition coefficient (Wildman–Crippen LogP) is 11.7. The van der Waals surface area contributed by atoms with Gasteiger partial charge in [-0.2, -0.15) is 0 Å². The van der Waals surface area contributed by atoms with Crippen LogP contribution in [0.3, 0.4) is 0 Å². The number of esters is 1. The highest BCUT2D eigenvalue weighted by molar-refractivity contribution is 7.47. The molecule has 6 unspecified atom stereocenters. The van der Waals surface area contributed by atoms with Crippen molar-refractivity contribution in [3.05, 3.63) is 24.3 Å². The van der Waals surface area contributed by atoms with Gasteiger partial charge in [0, 0.05) is 13.0 Å². The van der Waals surface area contributed by atoms with Crippen molar-refractivity contribution in [3.63, 3.8) is 0 Å².